The number of esters is 2. The number of rotatable bonds is 4. The molecule has 0 spiro atoms. The molecular formula is C11H18O4Se. The normalized spacial score (nSPS) is 24.9. The van der Waals surface area contributed by atoms with E-state index in [0.29, 0.717) is 13.2 Å². The Balaban J connectivity index is 2.46. The summed E-state index contributed by atoms with van der Waals surface area (Å²) in [5.74, 6) is -0.284. The number of carbonyl (C=O) groups is 2. The van der Waals surface area contributed by atoms with Gasteiger partial charge >= 0.3 is 102 Å². The van der Waals surface area contributed by atoms with Gasteiger partial charge in [-0.2, -0.15) is 0 Å². The average molecular weight is 293 g/mol. The van der Waals surface area contributed by atoms with Gasteiger partial charge in [-0.15, -0.1) is 0 Å². The summed E-state index contributed by atoms with van der Waals surface area (Å²) < 4.78 is 9.99. The average Bonchev–Trinajstić information content (AvgIpc) is 2.30. The van der Waals surface area contributed by atoms with Crippen molar-refractivity contribution < 1.29 is 19.1 Å². The molecule has 0 bridgehead atoms. The van der Waals surface area contributed by atoms with Gasteiger partial charge in [0, 0.05) is 0 Å². The Morgan fingerprint density at radius 1 is 1.06 bits per heavy atom. The molecule has 1 aliphatic rings. The molecule has 16 heavy (non-hydrogen) atoms. The van der Waals surface area contributed by atoms with Gasteiger partial charge in [0.15, 0.2) is 0 Å². The molecule has 0 aromatic heterocycles. The van der Waals surface area contributed by atoms with Gasteiger partial charge in [0.1, 0.15) is 0 Å². The molecule has 1 fully saturated rings. The summed E-state index contributed by atoms with van der Waals surface area (Å²) in [7, 11) is 0. The predicted molar refractivity (Wildman–Crippen MR) is 60.4 cm³/mol. The van der Waals surface area contributed by atoms with E-state index in [2.05, 4.69) is 0 Å². The van der Waals surface area contributed by atoms with Crippen molar-refractivity contribution in [2.75, 3.05) is 13.2 Å². The van der Waals surface area contributed by atoms with Gasteiger partial charge in [0.25, 0.3) is 0 Å². The molecule has 0 saturated carbocycles. The standard InChI is InChI=1S/C11H18O4Se/c1-3-14-10(12)8-6-5-7-9(16-8)11(13)15-4-2/h8-9H,3-7H2,1-2H3/t8-,9-/m0/s1. The molecule has 1 rings (SSSR count). The van der Waals surface area contributed by atoms with E-state index in [1.807, 2.05) is 0 Å². The van der Waals surface area contributed by atoms with Crippen molar-refractivity contribution >= 4 is 26.9 Å². The van der Waals surface area contributed by atoms with Crippen LogP contribution in [0.5, 0.6) is 0 Å². The first kappa shape index (κ1) is 13.5. The molecule has 2 atom stereocenters. The van der Waals surface area contributed by atoms with Crippen LogP contribution < -0.4 is 0 Å². The number of hydrogen-bond acceptors (Lipinski definition) is 4. The summed E-state index contributed by atoms with van der Waals surface area (Å²) in [5.41, 5.74) is 0. The molecule has 1 aliphatic heterocycles. The van der Waals surface area contributed by atoms with Crippen molar-refractivity contribution in [3.8, 4) is 0 Å². The Morgan fingerprint density at radius 3 is 1.88 bits per heavy atom. The van der Waals surface area contributed by atoms with Crippen LogP contribution >= 0.6 is 0 Å². The second kappa shape index (κ2) is 6.92. The van der Waals surface area contributed by atoms with Crippen molar-refractivity contribution in [2.45, 2.75) is 42.7 Å². The molecule has 0 radical (unpaired) electrons. The SMILES string of the molecule is CCOC(=O)[C@@H]1CCC[C@@H](C(=O)OCC)[Se]1. The van der Waals surface area contributed by atoms with Crippen molar-refractivity contribution in [2.24, 2.45) is 0 Å². The van der Waals surface area contributed by atoms with E-state index in [1.165, 1.54) is 0 Å². The third kappa shape index (κ3) is 3.80. The molecular weight excluding hydrogens is 275 g/mol. The number of ether oxygens (including phenoxy) is 2. The predicted octanol–water partition coefficient (Wildman–Crippen LogP) is 1.58. The van der Waals surface area contributed by atoms with Crippen LogP contribution in [0.3, 0.4) is 0 Å². The van der Waals surface area contributed by atoms with Gasteiger partial charge in [-0.1, -0.05) is 0 Å². The van der Waals surface area contributed by atoms with Crippen LogP contribution in [0, 0.1) is 0 Å². The van der Waals surface area contributed by atoms with Gasteiger partial charge in [0.2, 0.25) is 0 Å². The zero-order chi connectivity index (χ0) is 12.0. The van der Waals surface area contributed by atoms with Crippen LogP contribution in [-0.4, -0.2) is 40.1 Å². The van der Waals surface area contributed by atoms with Gasteiger partial charge in [0.05, 0.1) is 0 Å². The summed E-state index contributed by atoms with van der Waals surface area (Å²) in [4.78, 5) is 23.0. The van der Waals surface area contributed by atoms with E-state index in [9.17, 15) is 9.59 Å². The minimum atomic E-state index is -0.142. The zero-order valence-corrected chi connectivity index (χ0v) is 11.4. The third-order valence-electron chi connectivity index (χ3n) is 2.36. The molecule has 1 heterocycles. The summed E-state index contributed by atoms with van der Waals surface area (Å²) >= 11 is -0.0171. The molecule has 0 aromatic rings. The summed E-state index contributed by atoms with van der Waals surface area (Å²) in [6.07, 6.45) is 2.62. The molecule has 0 amide bonds. The maximum absolute atomic E-state index is 11.6. The van der Waals surface area contributed by atoms with Gasteiger partial charge < -0.3 is 0 Å². The van der Waals surface area contributed by atoms with E-state index >= 15 is 0 Å². The van der Waals surface area contributed by atoms with E-state index in [0.717, 1.165) is 19.3 Å². The Bertz CT molecular complexity index is 230. The number of hydrogen-bond donors (Lipinski definition) is 0. The summed E-state index contributed by atoms with van der Waals surface area (Å²) in [5, 5.41) is 0. The maximum atomic E-state index is 11.6. The molecule has 4 nitrogen and oxygen atoms in total. The second-order valence-corrected chi connectivity index (χ2v) is 6.51. The summed E-state index contributed by atoms with van der Waals surface area (Å²) in [6, 6.07) is 0. The van der Waals surface area contributed by atoms with E-state index < -0.39 is 0 Å². The molecule has 0 N–H and O–H groups in total. The molecule has 1 saturated heterocycles. The summed E-state index contributed by atoms with van der Waals surface area (Å²) in [6.45, 7) is 4.43. The second-order valence-electron chi connectivity index (χ2n) is 3.55. The molecule has 0 aliphatic carbocycles. The van der Waals surface area contributed by atoms with Crippen molar-refractivity contribution in [1.82, 2.24) is 0 Å². The molecule has 92 valence electrons. The van der Waals surface area contributed by atoms with Crippen LogP contribution in [0.4, 0.5) is 0 Å². The zero-order valence-electron chi connectivity index (χ0n) is 9.73. The van der Waals surface area contributed by atoms with Crippen LogP contribution in [0.1, 0.15) is 33.1 Å². The quantitative estimate of drug-likeness (QED) is 0.583. The first-order valence-electron chi connectivity index (χ1n) is 5.67. The Kier molecular flexibility index (Phi) is 5.85. The first-order valence-corrected chi connectivity index (χ1v) is 7.65. The van der Waals surface area contributed by atoms with Crippen LogP contribution in [0.25, 0.3) is 0 Å². The fourth-order valence-corrected chi connectivity index (χ4v) is 4.49. The molecule has 0 unspecified atom stereocenters. The van der Waals surface area contributed by atoms with E-state index in [1.54, 1.807) is 13.8 Å². The van der Waals surface area contributed by atoms with E-state index in [-0.39, 0.29) is 36.5 Å². The van der Waals surface area contributed by atoms with Crippen LogP contribution in [0.15, 0.2) is 0 Å². The van der Waals surface area contributed by atoms with Crippen molar-refractivity contribution in [3.63, 3.8) is 0 Å². The van der Waals surface area contributed by atoms with Crippen LogP contribution in [-0.2, 0) is 19.1 Å². The van der Waals surface area contributed by atoms with Gasteiger partial charge in [-0.05, 0) is 0 Å². The van der Waals surface area contributed by atoms with Gasteiger partial charge in [-0.3, -0.25) is 0 Å². The molecule has 5 heteroatoms. The Morgan fingerprint density at radius 2 is 1.50 bits per heavy atom. The topological polar surface area (TPSA) is 52.6 Å². The monoisotopic (exact) mass is 294 g/mol. The van der Waals surface area contributed by atoms with E-state index in [4.69, 9.17) is 9.47 Å². The first-order chi connectivity index (χ1) is 7.69. The molecule has 0 aromatic carbocycles. The Labute approximate surface area is 102 Å². The van der Waals surface area contributed by atoms with Crippen molar-refractivity contribution in [1.29, 1.82) is 0 Å². The third-order valence-corrected chi connectivity index (χ3v) is 5.54. The fraction of sp³-hybridized carbons (Fsp3) is 0.818. The van der Waals surface area contributed by atoms with Crippen LogP contribution in [0.2, 0.25) is 9.63 Å². The fourth-order valence-electron chi connectivity index (χ4n) is 1.64. The minimum absolute atomic E-state index is 0.0171. The number of carbonyl (C=O) groups excluding carboxylic acids is 2. The van der Waals surface area contributed by atoms with Crippen molar-refractivity contribution in [3.05, 3.63) is 0 Å². The van der Waals surface area contributed by atoms with Gasteiger partial charge in [-0.25, -0.2) is 0 Å². The Hall–Kier alpha value is -0.541.